The van der Waals surface area contributed by atoms with Crippen LogP contribution in [-0.2, 0) is 9.53 Å². The molecule has 1 N–H and O–H groups in total. The van der Waals surface area contributed by atoms with Gasteiger partial charge in [-0.15, -0.1) is 0 Å². The van der Waals surface area contributed by atoms with Crippen LogP contribution >= 0.6 is 34.8 Å². The Morgan fingerprint density at radius 2 is 1.45 bits per heavy atom. The Bertz CT molecular complexity index is 1900. The smallest absolute Gasteiger partial charge is 0.311 e. The van der Waals surface area contributed by atoms with Crippen molar-refractivity contribution in [3.8, 4) is 17.6 Å². The van der Waals surface area contributed by atoms with Crippen molar-refractivity contribution in [1.82, 2.24) is 10.4 Å². The number of hydrazine groups is 1. The van der Waals surface area contributed by atoms with Crippen molar-refractivity contribution in [2.45, 2.75) is 46.3 Å². The highest BCUT2D eigenvalue weighted by molar-refractivity contribution is 6.55. The Morgan fingerprint density at radius 1 is 0.863 bits per heavy atom. The first-order valence-corrected chi connectivity index (χ1v) is 17.2. The summed E-state index contributed by atoms with van der Waals surface area (Å²) in [6, 6.07) is 33.6. The molecule has 1 unspecified atom stereocenters. The molecule has 0 radical (unpaired) electrons. The Balaban J connectivity index is 0.000000233. The van der Waals surface area contributed by atoms with E-state index in [1.165, 1.54) is 5.01 Å². The van der Waals surface area contributed by atoms with Gasteiger partial charge in [0.2, 0.25) is 6.10 Å². The molecule has 1 aliphatic carbocycles. The lowest BCUT2D eigenvalue weighted by Gasteiger charge is -2.35. The van der Waals surface area contributed by atoms with Crippen LogP contribution in [0.4, 0.5) is 0 Å². The van der Waals surface area contributed by atoms with Crippen molar-refractivity contribution in [2.75, 3.05) is 0 Å². The molecule has 0 aromatic heterocycles. The molecule has 3 atom stereocenters. The summed E-state index contributed by atoms with van der Waals surface area (Å²) in [4.78, 5) is 37.7. The standard InChI is InChI=1S/C22H19Cl2NO3.C18H19ClN2O2/c1-22(2)17(12-19(23)24)20(22)21(26)28-18(13-25)14-7-6-10-16(11-14)27-15-8-4-3-5-9-15;1-18(2,3)21(17(23)14-7-5-4-6-8-14)20-16(22)13-9-11-15(19)12-10-13/h3-12,17-18,20H,1-2H3;4-12H,1-3H3,(H,20,22)/t17-,18?,20+;/m1./s1. The summed E-state index contributed by atoms with van der Waals surface area (Å²) in [5.74, 6) is -0.335. The van der Waals surface area contributed by atoms with Crippen molar-refractivity contribution in [2.24, 2.45) is 17.3 Å². The lowest BCUT2D eigenvalue weighted by atomic mass is 10.1. The first-order valence-electron chi connectivity index (χ1n) is 16.0. The summed E-state index contributed by atoms with van der Waals surface area (Å²) in [5, 5.41) is 11.4. The second-order valence-corrected chi connectivity index (χ2v) is 14.8. The van der Waals surface area contributed by atoms with Gasteiger partial charge in [0.15, 0.2) is 0 Å². The van der Waals surface area contributed by atoms with Gasteiger partial charge in [-0.1, -0.05) is 97.2 Å². The zero-order chi connectivity index (χ0) is 37.3. The highest BCUT2D eigenvalue weighted by Gasteiger charge is 2.62. The van der Waals surface area contributed by atoms with Gasteiger partial charge in [-0.3, -0.25) is 19.8 Å². The Morgan fingerprint density at radius 3 is 2.02 bits per heavy atom. The molecule has 4 aromatic rings. The van der Waals surface area contributed by atoms with Gasteiger partial charge in [0.1, 0.15) is 22.1 Å². The molecule has 0 bridgehead atoms. The van der Waals surface area contributed by atoms with E-state index >= 15 is 0 Å². The molecule has 264 valence electrons. The number of amides is 2. The van der Waals surface area contributed by atoms with Crippen LogP contribution in [0.5, 0.6) is 11.5 Å². The van der Waals surface area contributed by atoms with Gasteiger partial charge in [0.05, 0.1) is 11.5 Å². The van der Waals surface area contributed by atoms with Crippen LogP contribution in [0.1, 0.15) is 67.0 Å². The van der Waals surface area contributed by atoms with Gasteiger partial charge in [0.25, 0.3) is 11.8 Å². The van der Waals surface area contributed by atoms with Crippen LogP contribution < -0.4 is 10.2 Å². The van der Waals surface area contributed by atoms with Crippen LogP contribution in [0.2, 0.25) is 5.02 Å². The number of ether oxygens (including phenoxy) is 2. The quantitative estimate of drug-likeness (QED) is 0.142. The summed E-state index contributed by atoms with van der Waals surface area (Å²) in [7, 11) is 0. The molecule has 1 saturated carbocycles. The molecule has 0 saturated heterocycles. The minimum Gasteiger partial charge on any atom is -0.457 e. The summed E-state index contributed by atoms with van der Waals surface area (Å²) >= 11 is 17.3. The average Bonchev–Trinajstić information content (AvgIpc) is 3.64. The molecule has 51 heavy (non-hydrogen) atoms. The third-order valence-electron chi connectivity index (χ3n) is 8.18. The third kappa shape index (κ3) is 10.6. The van der Waals surface area contributed by atoms with Crippen molar-refractivity contribution in [1.29, 1.82) is 5.26 Å². The Kier molecular flexibility index (Phi) is 12.9. The number of rotatable bonds is 8. The van der Waals surface area contributed by atoms with Crippen LogP contribution in [0.15, 0.2) is 120 Å². The van der Waals surface area contributed by atoms with Gasteiger partial charge in [-0.25, -0.2) is 5.01 Å². The van der Waals surface area contributed by atoms with Crippen LogP contribution in [0.3, 0.4) is 0 Å². The number of carbonyl (C=O) groups excluding carboxylic acids is 3. The summed E-state index contributed by atoms with van der Waals surface area (Å²) in [6.45, 7) is 9.45. The normalized spacial score (nSPS) is 16.1. The second kappa shape index (κ2) is 16.9. The van der Waals surface area contributed by atoms with E-state index in [9.17, 15) is 19.6 Å². The average molecular weight is 747 g/mol. The van der Waals surface area contributed by atoms with E-state index in [-0.39, 0.29) is 33.6 Å². The number of carbonyl (C=O) groups is 3. The Labute approximate surface area is 313 Å². The molecular formula is C40H38Cl3N3O5. The number of hydrogen-bond donors (Lipinski definition) is 1. The monoisotopic (exact) mass is 745 g/mol. The lowest BCUT2D eigenvalue weighted by Crippen LogP contribution is -2.55. The van der Waals surface area contributed by atoms with Crippen molar-refractivity contribution >= 4 is 52.6 Å². The Hall–Kier alpha value is -4.81. The fourth-order valence-corrected chi connectivity index (χ4v) is 5.70. The molecule has 1 aliphatic rings. The van der Waals surface area contributed by atoms with E-state index in [1.54, 1.807) is 78.9 Å². The molecule has 11 heteroatoms. The minimum atomic E-state index is -1.03. The van der Waals surface area contributed by atoms with Crippen LogP contribution in [0, 0.1) is 28.6 Å². The van der Waals surface area contributed by atoms with Crippen molar-refractivity contribution in [3.63, 3.8) is 0 Å². The molecule has 8 nitrogen and oxygen atoms in total. The predicted octanol–water partition coefficient (Wildman–Crippen LogP) is 10.1. The van der Waals surface area contributed by atoms with E-state index < -0.39 is 17.6 Å². The minimum absolute atomic E-state index is 0.114. The molecule has 0 heterocycles. The van der Waals surface area contributed by atoms with Crippen molar-refractivity contribution in [3.05, 3.63) is 141 Å². The number of esters is 1. The van der Waals surface area contributed by atoms with Gasteiger partial charge in [-0.05, 0) is 98.8 Å². The number of benzene rings is 4. The topological polar surface area (TPSA) is 109 Å². The highest BCUT2D eigenvalue weighted by atomic mass is 35.5. The summed E-state index contributed by atoms with van der Waals surface area (Å²) < 4.78 is 11.4. The molecule has 0 aliphatic heterocycles. The van der Waals surface area contributed by atoms with Crippen LogP contribution in [-0.4, -0.2) is 28.3 Å². The lowest BCUT2D eigenvalue weighted by molar-refractivity contribution is -0.149. The maximum Gasteiger partial charge on any atom is 0.311 e. The third-order valence-corrected chi connectivity index (χ3v) is 8.68. The van der Waals surface area contributed by atoms with E-state index in [0.717, 1.165) is 0 Å². The van der Waals surface area contributed by atoms with Crippen molar-refractivity contribution < 1.29 is 23.9 Å². The molecular weight excluding hydrogens is 709 g/mol. The number of para-hydroxylation sites is 1. The number of halogens is 3. The summed E-state index contributed by atoms with van der Waals surface area (Å²) in [6.07, 6.45) is 0.615. The van der Waals surface area contributed by atoms with Gasteiger partial charge in [0, 0.05) is 21.7 Å². The van der Waals surface area contributed by atoms with Gasteiger partial charge < -0.3 is 9.47 Å². The summed E-state index contributed by atoms with van der Waals surface area (Å²) in [5.41, 5.74) is 3.30. The zero-order valence-corrected chi connectivity index (χ0v) is 31.0. The number of nitrogens with one attached hydrogen (secondary N) is 1. The zero-order valence-electron chi connectivity index (χ0n) is 28.8. The maximum atomic E-state index is 12.7. The molecule has 4 aromatic carbocycles. The second-order valence-electron chi connectivity index (χ2n) is 13.3. The SMILES string of the molecule is CC(C)(C)N(NC(=O)c1ccc(Cl)cc1)C(=O)c1ccccc1.CC1(C)[C@H](C=C(Cl)Cl)[C@H]1C(=O)OC(C#N)c1cccc(Oc2ccccc2)c1. The first kappa shape index (κ1) is 39.0. The fraction of sp³-hybridized carbons (Fsp3) is 0.250. The van der Waals surface area contributed by atoms with E-state index in [1.807, 2.05) is 77.1 Å². The van der Waals surface area contributed by atoms with Gasteiger partial charge in [-0.2, -0.15) is 5.26 Å². The highest BCUT2D eigenvalue weighted by Crippen LogP contribution is 2.60. The number of nitrogens with zero attached hydrogens (tertiary/aromatic N) is 2. The van der Waals surface area contributed by atoms with E-state index in [4.69, 9.17) is 44.3 Å². The number of nitriles is 1. The first-order chi connectivity index (χ1) is 24.1. The maximum absolute atomic E-state index is 12.7. The molecule has 2 amide bonds. The molecule has 5 rings (SSSR count). The largest absolute Gasteiger partial charge is 0.457 e. The van der Waals surface area contributed by atoms with Gasteiger partial charge >= 0.3 is 5.97 Å². The predicted molar refractivity (Wildman–Crippen MR) is 199 cm³/mol. The number of allylic oxidation sites excluding steroid dienone is 1. The number of hydrogen-bond acceptors (Lipinski definition) is 6. The van der Waals surface area contributed by atoms with E-state index in [2.05, 4.69) is 5.43 Å². The molecule has 0 spiro atoms. The molecule has 1 fully saturated rings. The van der Waals surface area contributed by atoms with Crippen LogP contribution in [0.25, 0.3) is 0 Å². The fourth-order valence-electron chi connectivity index (χ4n) is 5.30. The van der Waals surface area contributed by atoms with E-state index in [0.29, 0.717) is 33.2 Å².